The van der Waals surface area contributed by atoms with Gasteiger partial charge in [0.05, 0.1) is 13.7 Å². The first-order chi connectivity index (χ1) is 10.2. The zero-order valence-corrected chi connectivity index (χ0v) is 12.3. The number of rotatable bonds is 7. The molecule has 0 aliphatic carbocycles. The molecule has 2 aromatic rings. The summed E-state index contributed by atoms with van der Waals surface area (Å²) in [7, 11) is 1.58. The van der Waals surface area contributed by atoms with E-state index in [9.17, 15) is 5.11 Å². The zero-order chi connectivity index (χ0) is 15.1. The van der Waals surface area contributed by atoms with E-state index in [1.807, 2.05) is 55.5 Å². The molecule has 0 fully saturated rings. The average molecular weight is 288 g/mol. The van der Waals surface area contributed by atoms with Gasteiger partial charge in [-0.25, -0.2) is 0 Å². The van der Waals surface area contributed by atoms with Crippen molar-refractivity contribution in [2.45, 2.75) is 13.0 Å². The number of para-hydroxylation sites is 1. The molecule has 0 aliphatic rings. The second-order valence-electron chi connectivity index (χ2n) is 4.47. The predicted molar refractivity (Wildman–Crippen MR) is 81.1 cm³/mol. The number of methoxy groups -OCH3 is 1. The molecule has 1 unspecified atom stereocenters. The summed E-state index contributed by atoms with van der Waals surface area (Å²) in [4.78, 5) is 0. The Morgan fingerprint density at radius 1 is 0.952 bits per heavy atom. The summed E-state index contributed by atoms with van der Waals surface area (Å²) >= 11 is 0. The third-order valence-electron chi connectivity index (χ3n) is 3.04. The fraction of sp³-hybridized carbons (Fsp3) is 0.294. The molecule has 0 spiro atoms. The summed E-state index contributed by atoms with van der Waals surface area (Å²) in [6.45, 7) is 2.73. The molecule has 1 atom stereocenters. The predicted octanol–water partition coefficient (Wildman–Crippen LogP) is 3.21. The monoisotopic (exact) mass is 288 g/mol. The average Bonchev–Trinajstić information content (AvgIpc) is 2.54. The van der Waals surface area contributed by atoms with Crippen LogP contribution in [0.2, 0.25) is 0 Å². The van der Waals surface area contributed by atoms with Gasteiger partial charge in [-0.15, -0.1) is 0 Å². The van der Waals surface area contributed by atoms with Crippen LogP contribution in [0.3, 0.4) is 0 Å². The van der Waals surface area contributed by atoms with Crippen molar-refractivity contribution in [2.24, 2.45) is 0 Å². The minimum absolute atomic E-state index is 0.161. The van der Waals surface area contributed by atoms with Gasteiger partial charge in [0.25, 0.3) is 0 Å². The van der Waals surface area contributed by atoms with Crippen LogP contribution in [0, 0.1) is 0 Å². The second kappa shape index (κ2) is 7.55. The molecule has 0 saturated heterocycles. The van der Waals surface area contributed by atoms with E-state index in [4.69, 9.17) is 14.2 Å². The molecule has 0 aromatic heterocycles. The Morgan fingerprint density at radius 2 is 1.57 bits per heavy atom. The number of hydrogen-bond donors (Lipinski definition) is 1. The van der Waals surface area contributed by atoms with Crippen molar-refractivity contribution in [3.05, 3.63) is 54.1 Å². The molecule has 21 heavy (non-hydrogen) atoms. The number of ether oxygens (including phenoxy) is 3. The van der Waals surface area contributed by atoms with Gasteiger partial charge in [-0.1, -0.05) is 18.2 Å². The molecule has 0 saturated carbocycles. The molecule has 2 aromatic carbocycles. The highest BCUT2D eigenvalue weighted by Crippen LogP contribution is 2.26. The van der Waals surface area contributed by atoms with Gasteiger partial charge in [0.1, 0.15) is 30.0 Å². The van der Waals surface area contributed by atoms with Crippen LogP contribution in [-0.4, -0.2) is 25.4 Å². The maximum atomic E-state index is 10.2. The van der Waals surface area contributed by atoms with E-state index in [-0.39, 0.29) is 6.61 Å². The Kier molecular flexibility index (Phi) is 5.46. The topological polar surface area (TPSA) is 47.9 Å². The van der Waals surface area contributed by atoms with Crippen molar-refractivity contribution in [2.75, 3.05) is 20.3 Å². The van der Waals surface area contributed by atoms with Crippen LogP contribution < -0.4 is 14.2 Å². The molecule has 4 heteroatoms. The van der Waals surface area contributed by atoms with Crippen molar-refractivity contribution in [3.63, 3.8) is 0 Å². The Balaban J connectivity index is 1.95. The lowest BCUT2D eigenvalue weighted by atomic mass is 10.1. The maximum absolute atomic E-state index is 10.2. The van der Waals surface area contributed by atoms with E-state index < -0.39 is 6.10 Å². The van der Waals surface area contributed by atoms with Crippen molar-refractivity contribution >= 4 is 0 Å². The van der Waals surface area contributed by atoms with Gasteiger partial charge in [0.2, 0.25) is 0 Å². The lowest BCUT2D eigenvalue weighted by Crippen LogP contribution is -2.10. The van der Waals surface area contributed by atoms with Gasteiger partial charge in [-0.3, -0.25) is 0 Å². The standard InChI is InChI=1S/C17H20O4/c1-3-20-13-8-10-14(11-9-13)21-12-16(18)15-6-4-5-7-17(15)19-2/h4-11,16,18H,3,12H2,1-2H3. The molecule has 0 radical (unpaired) electrons. The normalized spacial score (nSPS) is 11.8. The molecule has 0 heterocycles. The van der Waals surface area contributed by atoms with E-state index in [1.54, 1.807) is 7.11 Å². The third-order valence-corrected chi connectivity index (χ3v) is 3.04. The van der Waals surface area contributed by atoms with Crippen LogP contribution in [0.25, 0.3) is 0 Å². The van der Waals surface area contributed by atoms with E-state index in [2.05, 4.69) is 0 Å². The molecular weight excluding hydrogens is 268 g/mol. The smallest absolute Gasteiger partial charge is 0.124 e. The van der Waals surface area contributed by atoms with Crippen molar-refractivity contribution in [3.8, 4) is 17.2 Å². The van der Waals surface area contributed by atoms with Crippen LogP contribution >= 0.6 is 0 Å². The highest BCUT2D eigenvalue weighted by atomic mass is 16.5. The lowest BCUT2D eigenvalue weighted by molar-refractivity contribution is 0.105. The lowest BCUT2D eigenvalue weighted by Gasteiger charge is -2.15. The SMILES string of the molecule is CCOc1ccc(OCC(O)c2ccccc2OC)cc1. The molecular formula is C17H20O4. The Hall–Kier alpha value is -2.20. The Bertz CT molecular complexity index is 551. The van der Waals surface area contributed by atoms with Gasteiger partial charge in [0, 0.05) is 5.56 Å². The number of benzene rings is 2. The molecule has 4 nitrogen and oxygen atoms in total. The van der Waals surface area contributed by atoms with Crippen LogP contribution in [0.15, 0.2) is 48.5 Å². The van der Waals surface area contributed by atoms with Crippen LogP contribution in [0.5, 0.6) is 17.2 Å². The number of aliphatic hydroxyl groups excluding tert-OH is 1. The van der Waals surface area contributed by atoms with Crippen molar-refractivity contribution in [1.82, 2.24) is 0 Å². The number of aliphatic hydroxyl groups is 1. The summed E-state index contributed by atoms with van der Waals surface area (Å²) in [5, 5.41) is 10.2. The molecule has 112 valence electrons. The molecule has 0 aliphatic heterocycles. The van der Waals surface area contributed by atoms with E-state index in [0.29, 0.717) is 23.7 Å². The van der Waals surface area contributed by atoms with E-state index >= 15 is 0 Å². The maximum Gasteiger partial charge on any atom is 0.124 e. The van der Waals surface area contributed by atoms with Crippen molar-refractivity contribution < 1.29 is 19.3 Å². The highest BCUT2D eigenvalue weighted by Gasteiger charge is 2.13. The first-order valence-electron chi connectivity index (χ1n) is 6.91. The van der Waals surface area contributed by atoms with Gasteiger partial charge in [-0.05, 0) is 37.3 Å². The van der Waals surface area contributed by atoms with Crippen LogP contribution in [0.4, 0.5) is 0 Å². The van der Waals surface area contributed by atoms with Gasteiger partial charge in [0.15, 0.2) is 0 Å². The summed E-state index contributed by atoms with van der Waals surface area (Å²) in [5.74, 6) is 2.14. The van der Waals surface area contributed by atoms with Gasteiger partial charge >= 0.3 is 0 Å². The highest BCUT2D eigenvalue weighted by molar-refractivity contribution is 5.35. The summed E-state index contributed by atoms with van der Waals surface area (Å²) in [6.07, 6.45) is -0.743. The first kappa shape index (κ1) is 15.2. The Labute approximate surface area is 124 Å². The fourth-order valence-electron chi connectivity index (χ4n) is 2.01. The quantitative estimate of drug-likeness (QED) is 0.850. The molecule has 0 amide bonds. The molecule has 0 bridgehead atoms. The van der Waals surface area contributed by atoms with E-state index in [1.165, 1.54) is 0 Å². The molecule has 2 rings (SSSR count). The largest absolute Gasteiger partial charge is 0.496 e. The second-order valence-corrected chi connectivity index (χ2v) is 4.47. The number of hydrogen-bond acceptors (Lipinski definition) is 4. The fourth-order valence-corrected chi connectivity index (χ4v) is 2.01. The zero-order valence-electron chi connectivity index (χ0n) is 12.3. The Morgan fingerprint density at radius 3 is 2.19 bits per heavy atom. The van der Waals surface area contributed by atoms with Crippen molar-refractivity contribution in [1.29, 1.82) is 0 Å². The minimum atomic E-state index is -0.743. The van der Waals surface area contributed by atoms with E-state index in [0.717, 1.165) is 5.75 Å². The molecule has 1 N–H and O–H groups in total. The third kappa shape index (κ3) is 4.13. The van der Waals surface area contributed by atoms with Crippen LogP contribution in [0.1, 0.15) is 18.6 Å². The first-order valence-corrected chi connectivity index (χ1v) is 6.91. The summed E-state index contributed by atoms with van der Waals surface area (Å²) in [5.41, 5.74) is 0.714. The van der Waals surface area contributed by atoms with Crippen LogP contribution in [-0.2, 0) is 0 Å². The minimum Gasteiger partial charge on any atom is -0.496 e. The summed E-state index contributed by atoms with van der Waals surface area (Å²) < 4.78 is 16.2. The van der Waals surface area contributed by atoms with Gasteiger partial charge < -0.3 is 19.3 Å². The summed E-state index contributed by atoms with van der Waals surface area (Å²) in [6, 6.07) is 14.7. The van der Waals surface area contributed by atoms with Gasteiger partial charge in [-0.2, -0.15) is 0 Å².